The molecule has 1 saturated heterocycles. The molecule has 1 amide bonds. The normalized spacial score (nSPS) is 20.7. The average molecular weight is 345 g/mol. The smallest absolute Gasteiger partial charge is 0.247 e. The number of aromatic nitrogens is 2. The topological polar surface area (TPSA) is 68.2 Å². The van der Waals surface area contributed by atoms with Crippen LogP contribution in [0.15, 0.2) is 36.7 Å². The van der Waals surface area contributed by atoms with Gasteiger partial charge in [0.1, 0.15) is 11.6 Å². The van der Waals surface area contributed by atoms with Crippen molar-refractivity contribution in [3.63, 3.8) is 0 Å². The summed E-state index contributed by atoms with van der Waals surface area (Å²) >= 11 is 6.00. The van der Waals surface area contributed by atoms with Crippen molar-refractivity contribution in [2.75, 3.05) is 18.5 Å². The van der Waals surface area contributed by atoms with E-state index in [1.807, 2.05) is 37.5 Å². The van der Waals surface area contributed by atoms with Crippen molar-refractivity contribution in [2.24, 2.45) is 7.05 Å². The zero-order valence-corrected chi connectivity index (χ0v) is 13.9. The number of halogens is 1. The van der Waals surface area contributed by atoms with Crippen LogP contribution >= 0.6 is 11.6 Å². The van der Waals surface area contributed by atoms with E-state index >= 15 is 0 Å². The van der Waals surface area contributed by atoms with E-state index in [2.05, 4.69) is 15.7 Å². The Labute approximate surface area is 144 Å². The Morgan fingerprint density at radius 3 is 3.00 bits per heavy atom. The highest BCUT2D eigenvalue weighted by Crippen LogP contribution is 2.30. The first-order valence-electron chi connectivity index (χ1n) is 7.69. The minimum Gasteiger partial charge on any atom is -0.376 e. The standard InChI is InChI=1S/C17H17ClN4O2/c1-22-8-12(7-19-22)17(9-24-10-17)21-16(23)15-4-2-11-6-13(18)3-5-14(11)20-15/h2-8,15,20H,9-10H2,1H3,(H,21,23). The number of benzene rings is 1. The highest BCUT2D eigenvalue weighted by atomic mass is 35.5. The maximum absolute atomic E-state index is 12.7. The predicted molar refractivity (Wildman–Crippen MR) is 91.7 cm³/mol. The van der Waals surface area contributed by atoms with Crippen LogP contribution in [0.2, 0.25) is 5.02 Å². The number of carbonyl (C=O) groups excluding carboxylic acids is 1. The van der Waals surface area contributed by atoms with Gasteiger partial charge in [0.2, 0.25) is 5.91 Å². The summed E-state index contributed by atoms with van der Waals surface area (Å²) in [7, 11) is 1.85. The van der Waals surface area contributed by atoms with Crippen molar-refractivity contribution in [3.05, 3.63) is 52.8 Å². The predicted octanol–water partition coefficient (Wildman–Crippen LogP) is 1.92. The summed E-state index contributed by atoms with van der Waals surface area (Å²) in [5.74, 6) is -0.0981. The lowest BCUT2D eigenvalue weighted by atomic mass is 9.90. The van der Waals surface area contributed by atoms with Crippen molar-refractivity contribution in [2.45, 2.75) is 11.6 Å². The minimum atomic E-state index is -0.499. The fraction of sp³-hybridized carbons (Fsp3) is 0.294. The van der Waals surface area contributed by atoms with Gasteiger partial charge in [0.25, 0.3) is 0 Å². The Morgan fingerprint density at radius 2 is 2.33 bits per heavy atom. The molecule has 1 atom stereocenters. The summed E-state index contributed by atoms with van der Waals surface area (Å²) in [5, 5.41) is 11.2. The van der Waals surface area contributed by atoms with Gasteiger partial charge in [-0.25, -0.2) is 0 Å². The van der Waals surface area contributed by atoms with Gasteiger partial charge in [-0.05, 0) is 23.8 Å². The molecule has 2 aliphatic heterocycles. The number of fused-ring (bicyclic) bond motifs is 1. The highest BCUT2D eigenvalue weighted by molar-refractivity contribution is 6.30. The third-order valence-corrected chi connectivity index (χ3v) is 4.63. The molecule has 1 fully saturated rings. The van der Waals surface area contributed by atoms with Crippen LogP contribution in [-0.4, -0.2) is 34.9 Å². The number of anilines is 1. The largest absolute Gasteiger partial charge is 0.376 e. The van der Waals surface area contributed by atoms with Gasteiger partial charge in [-0.3, -0.25) is 9.48 Å². The van der Waals surface area contributed by atoms with Crippen LogP contribution in [0.3, 0.4) is 0 Å². The first kappa shape index (κ1) is 15.2. The van der Waals surface area contributed by atoms with Crippen LogP contribution in [-0.2, 0) is 22.1 Å². The van der Waals surface area contributed by atoms with Gasteiger partial charge in [0.15, 0.2) is 0 Å². The second-order valence-electron chi connectivity index (χ2n) is 6.18. The Morgan fingerprint density at radius 1 is 1.50 bits per heavy atom. The van der Waals surface area contributed by atoms with Gasteiger partial charge in [-0.1, -0.05) is 23.8 Å². The van der Waals surface area contributed by atoms with E-state index in [1.54, 1.807) is 16.9 Å². The van der Waals surface area contributed by atoms with Gasteiger partial charge in [0.05, 0.1) is 19.4 Å². The molecule has 0 radical (unpaired) electrons. The molecule has 3 heterocycles. The quantitative estimate of drug-likeness (QED) is 0.892. The SMILES string of the molecule is Cn1cc(C2(NC(=O)C3C=Cc4cc(Cl)ccc4N3)COC2)cn1. The molecule has 124 valence electrons. The zero-order chi connectivity index (χ0) is 16.7. The summed E-state index contributed by atoms with van der Waals surface area (Å²) < 4.78 is 7.08. The fourth-order valence-corrected chi connectivity index (χ4v) is 3.15. The first-order valence-corrected chi connectivity index (χ1v) is 8.07. The van der Waals surface area contributed by atoms with Crippen LogP contribution in [0.25, 0.3) is 6.08 Å². The molecule has 0 bridgehead atoms. The molecule has 1 aromatic heterocycles. The fourth-order valence-electron chi connectivity index (χ4n) is 2.97. The second-order valence-corrected chi connectivity index (χ2v) is 6.62. The van der Waals surface area contributed by atoms with Crippen LogP contribution in [0.1, 0.15) is 11.1 Å². The molecule has 24 heavy (non-hydrogen) atoms. The van der Waals surface area contributed by atoms with E-state index in [-0.39, 0.29) is 5.91 Å². The summed E-state index contributed by atoms with van der Waals surface area (Å²) in [5.41, 5.74) is 2.32. The van der Waals surface area contributed by atoms with Crippen LogP contribution in [0, 0.1) is 0 Å². The summed E-state index contributed by atoms with van der Waals surface area (Å²) in [6.07, 6.45) is 7.43. The van der Waals surface area contributed by atoms with Crippen molar-refractivity contribution < 1.29 is 9.53 Å². The molecule has 6 nitrogen and oxygen atoms in total. The molecule has 0 aliphatic carbocycles. The number of nitrogens with one attached hydrogen (secondary N) is 2. The number of carbonyl (C=O) groups is 1. The molecule has 1 unspecified atom stereocenters. The maximum Gasteiger partial charge on any atom is 0.247 e. The summed E-state index contributed by atoms with van der Waals surface area (Å²) in [4.78, 5) is 12.7. The lowest BCUT2D eigenvalue weighted by Gasteiger charge is -2.42. The van der Waals surface area contributed by atoms with Gasteiger partial charge in [-0.15, -0.1) is 0 Å². The lowest BCUT2D eigenvalue weighted by Crippen LogP contribution is -2.61. The number of hydrogen-bond acceptors (Lipinski definition) is 4. The monoisotopic (exact) mass is 344 g/mol. The average Bonchev–Trinajstić information content (AvgIpc) is 2.96. The zero-order valence-electron chi connectivity index (χ0n) is 13.1. The molecular formula is C17H17ClN4O2. The molecule has 4 rings (SSSR count). The molecule has 0 saturated carbocycles. The van der Waals surface area contributed by atoms with Crippen molar-refractivity contribution >= 4 is 29.3 Å². The highest BCUT2D eigenvalue weighted by Gasteiger charge is 2.43. The number of nitrogens with zero attached hydrogens (tertiary/aromatic N) is 2. The van der Waals surface area contributed by atoms with Crippen LogP contribution in [0.5, 0.6) is 0 Å². The minimum absolute atomic E-state index is 0.0981. The third kappa shape index (κ3) is 2.57. The number of aryl methyl sites for hydroxylation is 1. The molecule has 0 spiro atoms. The van der Waals surface area contributed by atoms with Gasteiger partial charge >= 0.3 is 0 Å². The molecule has 1 aromatic carbocycles. The number of ether oxygens (including phenoxy) is 1. The van der Waals surface area contributed by atoms with E-state index in [4.69, 9.17) is 16.3 Å². The van der Waals surface area contributed by atoms with Crippen molar-refractivity contribution in [1.82, 2.24) is 15.1 Å². The summed E-state index contributed by atoms with van der Waals surface area (Å²) in [6.45, 7) is 0.903. The van der Waals surface area contributed by atoms with Crippen molar-refractivity contribution in [3.8, 4) is 0 Å². The molecule has 7 heteroatoms. The first-order chi connectivity index (χ1) is 11.6. The Balaban J connectivity index is 1.52. The van der Waals surface area contributed by atoms with Gasteiger partial charge in [-0.2, -0.15) is 5.10 Å². The Bertz CT molecular complexity index is 826. The van der Waals surface area contributed by atoms with Crippen LogP contribution < -0.4 is 10.6 Å². The van der Waals surface area contributed by atoms with E-state index in [1.165, 1.54) is 0 Å². The molecule has 2 aromatic rings. The van der Waals surface area contributed by atoms with Gasteiger partial charge < -0.3 is 15.4 Å². The van der Waals surface area contributed by atoms with E-state index < -0.39 is 11.6 Å². The molecule has 2 N–H and O–H groups in total. The molecule has 2 aliphatic rings. The maximum atomic E-state index is 12.7. The second kappa shape index (κ2) is 5.65. The van der Waals surface area contributed by atoms with Crippen molar-refractivity contribution in [1.29, 1.82) is 0 Å². The Kier molecular flexibility index (Phi) is 3.58. The van der Waals surface area contributed by atoms with Gasteiger partial charge in [0, 0.05) is 29.5 Å². The number of rotatable bonds is 3. The van der Waals surface area contributed by atoms with E-state index in [0.29, 0.717) is 18.2 Å². The van der Waals surface area contributed by atoms with Crippen LogP contribution in [0.4, 0.5) is 5.69 Å². The van der Waals surface area contributed by atoms with E-state index in [0.717, 1.165) is 16.8 Å². The molecular weight excluding hydrogens is 328 g/mol. The Hall–Kier alpha value is -2.31. The number of amides is 1. The number of hydrogen-bond donors (Lipinski definition) is 2. The summed E-state index contributed by atoms with van der Waals surface area (Å²) in [6, 6.07) is 5.11. The lowest BCUT2D eigenvalue weighted by molar-refractivity contribution is -0.133. The third-order valence-electron chi connectivity index (χ3n) is 4.39. The van der Waals surface area contributed by atoms with E-state index in [9.17, 15) is 4.79 Å².